The second kappa shape index (κ2) is 2.79. The first-order valence-corrected chi connectivity index (χ1v) is 4.75. The summed E-state index contributed by atoms with van der Waals surface area (Å²) in [5, 5.41) is 11.3. The molecule has 2 heterocycles. The molecule has 2 aromatic rings. The van der Waals surface area contributed by atoms with E-state index >= 15 is 0 Å². The molecule has 0 amide bonds. The van der Waals surface area contributed by atoms with Crippen molar-refractivity contribution in [3.8, 4) is 0 Å². The predicted molar refractivity (Wildman–Crippen MR) is 54.0 cm³/mol. The van der Waals surface area contributed by atoms with Crippen molar-refractivity contribution >= 4 is 16.7 Å². The van der Waals surface area contributed by atoms with Crippen LogP contribution >= 0.6 is 0 Å². The Morgan fingerprint density at radius 3 is 3.20 bits per heavy atom. The van der Waals surface area contributed by atoms with Crippen LogP contribution in [0.25, 0.3) is 10.9 Å². The molecule has 15 heavy (non-hydrogen) atoms. The van der Waals surface area contributed by atoms with Crippen LogP contribution in [0.3, 0.4) is 0 Å². The molecule has 0 radical (unpaired) electrons. The summed E-state index contributed by atoms with van der Waals surface area (Å²) in [5.41, 5.74) is 0.703. The Morgan fingerprint density at radius 2 is 2.33 bits per heavy atom. The van der Waals surface area contributed by atoms with E-state index in [-0.39, 0.29) is 11.4 Å². The molecule has 0 saturated heterocycles. The van der Waals surface area contributed by atoms with Crippen molar-refractivity contribution in [2.24, 2.45) is 0 Å². The van der Waals surface area contributed by atoms with Crippen LogP contribution in [0.4, 0.5) is 10.2 Å². The minimum atomic E-state index is -0.293. The third-order valence-electron chi connectivity index (χ3n) is 2.61. The second-order valence-electron chi connectivity index (χ2n) is 3.50. The van der Waals surface area contributed by atoms with E-state index in [1.54, 1.807) is 16.7 Å². The van der Waals surface area contributed by atoms with E-state index < -0.39 is 0 Å². The zero-order valence-corrected chi connectivity index (χ0v) is 7.92. The van der Waals surface area contributed by atoms with Crippen LogP contribution in [0, 0.1) is 11.2 Å². The summed E-state index contributed by atoms with van der Waals surface area (Å²) in [6.07, 6.45) is 0. The number of nitrogens with zero attached hydrogens (tertiary/aromatic N) is 2. The number of nitrogens with one attached hydrogen (secondary N) is 2. The van der Waals surface area contributed by atoms with Crippen molar-refractivity contribution in [3.63, 3.8) is 0 Å². The van der Waals surface area contributed by atoms with Gasteiger partial charge < -0.3 is 5.32 Å². The molecule has 3 rings (SSSR count). The van der Waals surface area contributed by atoms with Crippen molar-refractivity contribution in [1.29, 1.82) is 5.41 Å². The molecular formula is C10H9FN4. The normalized spacial score (nSPS) is 13.9. The standard InChI is InChI=1S/C10H9FN4/c11-6-2-1-3-7-8(6)9-13-4-5-15(9)10(12)14-7/h1-3,12-13H,4-5H2. The van der Waals surface area contributed by atoms with Crippen LogP contribution in [0.1, 0.15) is 0 Å². The van der Waals surface area contributed by atoms with Gasteiger partial charge in [-0.1, -0.05) is 6.07 Å². The van der Waals surface area contributed by atoms with Crippen LogP contribution in [0.2, 0.25) is 0 Å². The van der Waals surface area contributed by atoms with Gasteiger partial charge in [-0.2, -0.15) is 0 Å². The topological polar surface area (TPSA) is 53.7 Å². The second-order valence-corrected chi connectivity index (χ2v) is 3.50. The molecule has 4 nitrogen and oxygen atoms in total. The summed E-state index contributed by atoms with van der Waals surface area (Å²) in [6, 6.07) is 4.74. The fraction of sp³-hybridized carbons (Fsp3) is 0.200. The maximum atomic E-state index is 13.6. The summed E-state index contributed by atoms with van der Waals surface area (Å²) in [6.45, 7) is 1.40. The zero-order chi connectivity index (χ0) is 10.4. The third-order valence-corrected chi connectivity index (χ3v) is 2.61. The quantitative estimate of drug-likeness (QED) is 0.674. The number of halogens is 1. The lowest BCUT2D eigenvalue weighted by Crippen LogP contribution is -2.21. The molecule has 0 bridgehead atoms. The Morgan fingerprint density at radius 1 is 1.47 bits per heavy atom. The third kappa shape index (κ3) is 1.06. The minimum absolute atomic E-state index is 0.174. The Kier molecular flexibility index (Phi) is 1.56. The number of hydrogen-bond donors (Lipinski definition) is 2. The van der Waals surface area contributed by atoms with Gasteiger partial charge in [-0.25, -0.2) is 9.37 Å². The first kappa shape index (κ1) is 8.40. The predicted octanol–water partition coefficient (Wildman–Crippen LogP) is 1.08. The number of benzene rings is 1. The summed E-state index contributed by atoms with van der Waals surface area (Å²) in [7, 11) is 0. The number of aromatic nitrogens is 2. The van der Waals surface area contributed by atoms with Gasteiger partial charge in [0, 0.05) is 13.1 Å². The fourth-order valence-electron chi connectivity index (χ4n) is 1.94. The minimum Gasteiger partial charge on any atom is -0.369 e. The van der Waals surface area contributed by atoms with Crippen LogP contribution in [-0.4, -0.2) is 16.1 Å². The van der Waals surface area contributed by atoms with Crippen LogP contribution < -0.4 is 10.9 Å². The average Bonchev–Trinajstić information content (AvgIpc) is 2.66. The molecule has 0 fully saturated rings. The molecule has 0 saturated carbocycles. The Balaban J connectivity index is 2.55. The summed E-state index contributed by atoms with van der Waals surface area (Å²) in [5.74, 6) is 0.376. The maximum absolute atomic E-state index is 13.6. The van der Waals surface area contributed by atoms with E-state index in [0.29, 0.717) is 23.3 Å². The van der Waals surface area contributed by atoms with Crippen molar-refractivity contribution in [1.82, 2.24) is 9.55 Å². The molecule has 0 atom stereocenters. The van der Waals surface area contributed by atoms with E-state index in [0.717, 1.165) is 6.54 Å². The SMILES string of the molecule is N=c1nc2cccc(F)c2c2n1CCN2. The maximum Gasteiger partial charge on any atom is 0.224 e. The van der Waals surface area contributed by atoms with Gasteiger partial charge in [0.15, 0.2) is 0 Å². The van der Waals surface area contributed by atoms with Gasteiger partial charge in [0.25, 0.3) is 0 Å². The molecule has 0 spiro atoms. The van der Waals surface area contributed by atoms with Crippen molar-refractivity contribution in [3.05, 3.63) is 29.6 Å². The molecule has 2 N–H and O–H groups in total. The highest BCUT2D eigenvalue weighted by molar-refractivity contribution is 5.90. The van der Waals surface area contributed by atoms with E-state index in [1.807, 2.05) is 0 Å². The highest BCUT2D eigenvalue weighted by Gasteiger charge is 2.16. The Labute approximate surface area is 84.9 Å². The average molecular weight is 204 g/mol. The lowest BCUT2D eigenvalue weighted by molar-refractivity contribution is 0.637. The molecule has 1 aliphatic heterocycles. The summed E-state index contributed by atoms with van der Waals surface area (Å²) < 4.78 is 15.3. The van der Waals surface area contributed by atoms with Crippen molar-refractivity contribution in [2.75, 3.05) is 11.9 Å². The number of fused-ring (bicyclic) bond motifs is 3. The van der Waals surface area contributed by atoms with E-state index in [2.05, 4.69) is 10.3 Å². The Bertz CT molecular complexity index is 602. The monoisotopic (exact) mass is 204 g/mol. The first-order chi connectivity index (χ1) is 7.27. The summed E-state index contributed by atoms with van der Waals surface area (Å²) >= 11 is 0. The van der Waals surface area contributed by atoms with Gasteiger partial charge in [-0.15, -0.1) is 0 Å². The van der Waals surface area contributed by atoms with Gasteiger partial charge in [-0.3, -0.25) is 9.98 Å². The van der Waals surface area contributed by atoms with E-state index in [1.165, 1.54) is 6.07 Å². The molecule has 5 heteroatoms. The molecule has 76 valence electrons. The lowest BCUT2D eigenvalue weighted by Gasteiger charge is -2.07. The molecule has 0 unspecified atom stereocenters. The molecule has 1 aliphatic rings. The first-order valence-electron chi connectivity index (χ1n) is 4.75. The Hall–Kier alpha value is -1.91. The smallest absolute Gasteiger partial charge is 0.224 e. The van der Waals surface area contributed by atoms with Gasteiger partial charge in [0.05, 0.1) is 10.9 Å². The van der Waals surface area contributed by atoms with Gasteiger partial charge in [-0.05, 0) is 12.1 Å². The van der Waals surface area contributed by atoms with Crippen molar-refractivity contribution < 1.29 is 4.39 Å². The molecule has 1 aromatic carbocycles. The zero-order valence-electron chi connectivity index (χ0n) is 7.92. The van der Waals surface area contributed by atoms with Gasteiger partial charge in [0.2, 0.25) is 5.62 Å². The highest BCUT2D eigenvalue weighted by Crippen LogP contribution is 2.25. The largest absolute Gasteiger partial charge is 0.369 e. The van der Waals surface area contributed by atoms with Crippen LogP contribution in [0.5, 0.6) is 0 Å². The highest BCUT2D eigenvalue weighted by atomic mass is 19.1. The fourth-order valence-corrected chi connectivity index (χ4v) is 1.94. The molecule has 0 aliphatic carbocycles. The van der Waals surface area contributed by atoms with Crippen LogP contribution in [0.15, 0.2) is 18.2 Å². The van der Waals surface area contributed by atoms with Gasteiger partial charge in [0.1, 0.15) is 11.6 Å². The lowest BCUT2D eigenvalue weighted by atomic mass is 10.2. The van der Waals surface area contributed by atoms with Crippen LogP contribution in [-0.2, 0) is 6.54 Å². The van der Waals surface area contributed by atoms with E-state index in [4.69, 9.17) is 5.41 Å². The number of hydrogen-bond acceptors (Lipinski definition) is 3. The summed E-state index contributed by atoms with van der Waals surface area (Å²) in [4.78, 5) is 4.06. The number of anilines is 1. The van der Waals surface area contributed by atoms with E-state index in [9.17, 15) is 4.39 Å². The van der Waals surface area contributed by atoms with Crippen molar-refractivity contribution in [2.45, 2.75) is 6.54 Å². The number of rotatable bonds is 0. The molecular weight excluding hydrogens is 195 g/mol. The van der Waals surface area contributed by atoms with Gasteiger partial charge >= 0.3 is 0 Å². The molecule has 1 aromatic heterocycles.